The van der Waals surface area contributed by atoms with Crippen LogP contribution in [-0.4, -0.2) is 39.9 Å². The Morgan fingerprint density at radius 1 is 1.18 bits per heavy atom. The fourth-order valence-electron chi connectivity index (χ4n) is 3.74. The van der Waals surface area contributed by atoms with Gasteiger partial charge in [-0.25, -0.2) is 14.4 Å². The summed E-state index contributed by atoms with van der Waals surface area (Å²) in [6.07, 6.45) is 3.89. The Morgan fingerprint density at radius 3 is 2.54 bits per heavy atom. The predicted octanol–water partition coefficient (Wildman–Crippen LogP) is 4.00. The van der Waals surface area contributed by atoms with Crippen LogP contribution >= 0.6 is 0 Å². The smallest absolute Gasteiger partial charge is 0.224 e. The summed E-state index contributed by atoms with van der Waals surface area (Å²) in [7, 11) is 0. The highest BCUT2D eigenvalue weighted by Crippen LogP contribution is 2.28. The van der Waals surface area contributed by atoms with Crippen LogP contribution in [0.2, 0.25) is 0 Å². The highest BCUT2D eigenvalue weighted by molar-refractivity contribution is 5.78. The number of hydrogen-bond donors (Lipinski definition) is 0. The fourth-order valence-corrected chi connectivity index (χ4v) is 3.74. The molecule has 2 heterocycles. The van der Waals surface area contributed by atoms with Gasteiger partial charge in [-0.3, -0.25) is 4.79 Å². The summed E-state index contributed by atoms with van der Waals surface area (Å²) >= 11 is 0. The SMILES string of the molecule is CC(C)c1cncnc1N1CCC(=O)N(Cc2ccc(F)cc2)[C@H](C(C)C)C1. The van der Waals surface area contributed by atoms with Crippen LogP contribution in [0.3, 0.4) is 0 Å². The number of benzene rings is 1. The van der Waals surface area contributed by atoms with E-state index in [2.05, 4.69) is 42.6 Å². The van der Waals surface area contributed by atoms with Gasteiger partial charge in [0.15, 0.2) is 0 Å². The third-order valence-electron chi connectivity index (χ3n) is 5.40. The van der Waals surface area contributed by atoms with Gasteiger partial charge in [-0.15, -0.1) is 0 Å². The van der Waals surface area contributed by atoms with Crippen molar-refractivity contribution in [2.75, 3.05) is 18.0 Å². The Labute approximate surface area is 166 Å². The fraction of sp³-hybridized carbons (Fsp3) is 0.500. The Kier molecular flexibility index (Phi) is 6.27. The number of rotatable bonds is 5. The average Bonchev–Trinajstić information content (AvgIpc) is 2.83. The van der Waals surface area contributed by atoms with Crippen LogP contribution in [0.1, 0.15) is 51.2 Å². The lowest BCUT2D eigenvalue weighted by molar-refractivity contribution is -0.134. The first-order chi connectivity index (χ1) is 13.4. The molecule has 0 aliphatic carbocycles. The van der Waals surface area contributed by atoms with Crippen molar-refractivity contribution in [3.8, 4) is 0 Å². The largest absolute Gasteiger partial charge is 0.354 e. The number of amides is 1. The van der Waals surface area contributed by atoms with Crippen LogP contribution in [0, 0.1) is 11.7 Å². The van der Waals surface area contributed by atoms with E-state index >= 15 is 0 Å². The van der Waals surface area contributed by atoms with Crippen molar-refractivity contribution >= 4 is 11.7 Å². The minimum absolute atomic E-state index is 0.0510. The lowest BCUT2D eigenvalue weighted by Crippen LogP contribution is -2.46. The topological polar surface area (TPSA) is 49.3 Å². The lowest BCUT2D eigenvalue weighted by Gasteiger charge is -2.35. The van der Waals surface area contributed by atoms with Crippen LogP contribution in [-0.2, 0) is 11.3 Å². The summed E-state index contributed by atoms with van der Waals surface area (Å²) in [6, 6.07) is 6.46. The minimum Gasteiger partial charge on any atom is -0.354 e. The van der Waals surface area contributed by atoms with Crippen molar-refractivity contribution in [1.82, 2.24) is 14.9 Å². The second kappa shape index (κ2) is 8.67. The van der Waals surface area contributed by atoms with E-state index in [1.807, 2.05) is 11.1 Å². The van der Waals surface area contributed by atoms with Gasteiger partial charge >= 0.3 is 0 Å². The minimum atomic E-state index is -0.262. The average molecular weight is 384 g/mol. The third kappa shape index (κ3) is 4.49. The van der Waals surface area contributed by atoms with Gasteiger partial charge < -0.3 is 9.80 Å². The van der Waals surface area contributed by atoms with Gasteiger partial charge in [0.05, 0.1) is 6.04 Å². The van der Waals surface area contributed by atoms with Crippen LogP contribution in [0.5, 0.6) is 0 Å². The molecule has 2 aromatic rings. The van der Waals surface area contributed by atoms with Crippen LogP contribution < -0.4 is 4.90 Å². The van der Waals surface area contributed by atoms with E-state index in [-0.39, 0.29) is 23.7 Å². The summed E-state index contributed by atoms with van der Waals surface area (Å²) in [5.74, 6) is 1.39. The first kappa shape index (κ1) is 20.2. The normalized spacial score (nSPS) is 18.1. The summed E-state index contributed by atoms with van der Waals surface area (Å²) in [4.78, 5) is 25.9. The zero-order valence-corrected chi connectivity index (χ0v) is 17.1. The van der Waals surface area contributed by atoms with Crippen molar-refractivity contribution in [2.24, 2.45) is 5.92 Å². The number of carbonyl (C=O) groups is 1. The molecule has 1 saturated heterocycles. The highest BCUT2D eigenvalue weighted by atomic mass is 19.1. The first-order valence-corrected chi connectivity index (χ1v) is 9.95. The summed E-state index contributed by atoms with van der Waals surface area (Å²) in [5, 5.41) is 0. The molecule has 1 aromatic heterocycles. The third-order valence-corrected chi connectivity index (χ3v) is 5.40. The Bertz CT molecular complexity index is 806. The molecule has 3 rings (SSSR count). The molecule has 1 aromatic carbocycles. The van der Waals surface area contributed by atoms with Gasteiger partial charge in [0.2, 0.25) is 5.91 Å². The van der Waals surface area contributed by atoms with Gasteiger partial charge in [-0.2, -0.15) is 0 Å². The summed E-state index contributed by atoms with van der Waals surface area (Å²) in [6.45, 7) is 10.4. The maximum Gasteiger partial charge on any atom is 0.224 e. The zero-order chi connectivity index (χ0) is 20.3. The van der Waals surface area contributed by atoms with E-state index in [0.717, 1.165) is 23.5 Å². The van der Waals surface area contributed by atoms with E-state index in [1.165, 1.54) is 12.1 Å². The first-order valence-electron chi connectivity index (χ1n) is 9.95. The van der Waals surface area contributed by atoms with Crippen molar-refractivity contribution < 1.29 is 9.18 Å². The van der Waals surface area contributed by atoms with Gasteiger partial charge in [-0.05, 0) is 29.5 Å². The predicted molar refractivity (Wildman–Crippen MR) is 109 cm³/mol. The van der Waals surface area contributed by atoms with Crippen molar-refractivity contribution in [1.29, 1.82) is 0 Å². The zero-order valence-electron chi connectivity index (χ0n) is 17.1. The van der Waals surface area contributed by atoms with Crippen molar-refractivity contribution in [2.45, 2.75) is 52.6 Å². The number of aromatic nitrogens is 2. The van der Waals surface area contributed by atoms with Gasteiger partial charge in [-0.1, -0.05) is 39.8 Å². The Balaban J connectivity index is 1.89. The van der Waals surface area contributed by atoms with Gasteiger partial charge in [0, 0.05) is 37.8 Å². The highest BCUT2D eigenvalue weighted by Gasteiger charge is 2.33. The molecule has 5 nitrogen and oxygen atoms in total. The quantitative estimate of drug-likeness (QED) is 0.782. The lowest BCUT2D eigenvalue weighted by atomic mass is 10.0. The Hall–Kier alpha value is -2.50. The summed E-state index contributed by atoms with van der Waals surface area (Å²) < 4.78 is 13.3. The second-order valence-electron chi connectivity index (χ2n) is 8.11. The molecule has 0 N–H and O–H groups in total. The number of halogens is 1. The molecule has 0 spiro atoms. The van der Waals surface area contributed by atoms with Crippen molar-refractivity contribution in [3.63, 3.8) is 0 Å². The molecule has 150 valence electrons. The summed E-state index contributed by atoms with van der Waals surface area (Å²) in [5.41, 5.74) is 2.04. The van der Waals surface area contributed by atoms with E-state index in [4.69, 9.17) is 0 Å². The molecular formula is C22H29FN4O. The van der Waals surface area contributed by atoms with Gasteiger partial charge in [0.1, 0.15) is 18.0 Å². The van der Waals surface area contributed by atoms with Crippen LogP contribution in [0.25, 0.3) is 0 Å². The molecule has 6 heteroatoms. The van der Waals surface area contributed by atoms with Gasteiger partial charge in [0.25, 0.3) is 0 Å². The monoisotopic (exact) mass is 384 g/mol. The molecule has 1 amide bonds. The van der Waals surface area contributed by atoms with E-state index in [1.54, 1.807) is 18.5 Å². The number of hydrogen-bond acceptors (Lipinski definition) is 4. The van der Waals surface area contributed by atoms with Crippen LogP contribution in [0.4, 0.5) is 10.2 Å². The standard InChI is InChI=1S/C22H29FN4O/c1-15(2)19-11-24-14-25-22(19)26-10-9-21(28)27(20(13-26)16(3)4)12-17-5-7-18(23)8-6-17/h5-8,11,14-16,20H,9-10,12-13H2,1-4H3/t20-/m0/s1. The van der Waals surface area contributed by atoms with Crippen molar-refractivity contribution in [3.05, 3.63) is 53.7 Å². The molecule has 0 saturated carbocycles. The molecule has 1 aliphatic rings. The van der Waals surface area contributed by atoms with E-state index in [9.17, 15) is 9.18 Å². The molecule has 0 radical (unpaired) electrons. The van der Waals surface area contributed by atoms with E-state index in [0.29, 0.717) is 25.4 Å². The molecule has 1 atom stereocenters. The molecule has 0 unspecified atom stereocenters. The maximum atomic E-state index is 13.3. The Morgan fingerprint density at radius 2 is 1.89 bits per heavy atom. The molecule has 0 bridgehead atoms. The molecule has 1 fully saturated rings. The number of nitrogens with zero attached hydrogens (tertiary/aromatic N) is 4. The number of carbonyl (C=O) groups excluding carboxylic acids is 1. The number of anilines is 1. The molecule has 1 aliphatic heterocycles. The maximum absolute atomic E-state index is 13.3. The molecular weight excluding hydrogens is 355 g/mol. The van der Waals surface area contributed by atoms with Crippen LogP contribution in [0.15, 0.2) is 36.8 Å². The van der Waals surface area contributed by atoms with E-state index < -0.39 is 0 Å². The molecule has 28 heavy (non-hydrogen) atoms. The second-order valence-corrected chi connectivity index (χ2v) is 8.11.